The van der Waals surface area contributed by atoms with Gasteiger partial charge in [0.15, 0.2) is 0 Å². The SMILES string of the molecule is C/C(=C\c1ccc(O)cc1Cl)CC[C@H]1OC[C@H]2C1=C(CO[Si](c1ccccc1)(c1ccccc1)C(C)(C)C)C[C@H]1C(=O)N(C3CCN(Cc4ccccc4)CC3)C(=O)[C@H]12. The molecule has 7 nitrogen and oxygen atoms in total. The highest BCUT2D eigenvalue weighted by molar-refractivity contribution is 6.99. The molecule has 0 unspecified atom stereocenters. The molecule has 0 bridgehead atoms. The molecule has 0 radical (unpaired) electrons. The van der Waals surface area contributed by atoms with Crippen LogP contribution in [0.1, 0.15) is 70.9 Å². The molecule has 2 amide bonds. The van der Waals surface area contributed by atoms with Gasteiger partial charge in [-0.05, 0) is 94.9 Å². The van der Waals surface area contributed by atoms with Crippen molar-refractivity contribution in [2.75, 3.05) is 26.3 Å². The monoisotopic (exact) mass is 828 g/mol. The summed E-state index contributed by atoms with van der Waals surface area (Å²) in [5.74, 6) is -0.912. The quantitative estimate of drug-likeness (QED) is 0.0875. The zero-order valence-corrected chi connectivity index (χ0v) is 36.5. The van der Waals surface area contributed by atoms with Crippen molar-refractivity contribution in [3.8, 4) is 5.75 Å². The number of carbonyl (C=O) groups is 2. The molecular formula is C50H57ClN2O5Si. The first-order valence-electron chi connectivity index (χ1n) is 21.3. The number of amides is 2. The van der Waals surface area contributed by atoms with Crippen molar-refractivity contribution < 1.29 is 23.9 Å². The number of likely N-dealkylation sites (tertiary alicyclic amines) is 2. The number of nitrogens with zero attached hydrogens (tertiary/aromatic N) is 2. The number of phenols is 1. The lowest BCUT2D eigenvalue weighted by Crippen LogP contribution is -2.66. The minimum atomic E-state index is -2.91. The van der Waals surface area contributed by atoms with Crippen LogP contribution < -0.4 is 10.4 Å². The Morgan fingerprint density at radius 2 is 1.51 bits per heavy atom. The molecule has 3 fully saturated rings. The van der Waals surface area contributed by atoms with Crippen LogP contribution in [0.4, 0.5) is 0 Å². The number of fused-ring (bicyclic) bond motifs is 3. The molecule has 0 aromatic heterocycles. The Bertz CT molecular complexity index is 2160. The fourth-order valence-electron chi connectivity index (χ4n) is 10.5. The number of rotatable bonds is 12. The molecule has 3 saturated heterocycles. The van der Waals surface area contributed by atoms with E-state index in [-0.39, 0.29) is 40.7 Å². The van der Waals surface area contributed by atoms with Gasteiger partial charge in [-0.3, -0.25) is 19.4 Å². The number of benzene rings is 4. The van der Waals surface area contributed by atoms with E-state index in [2.05, 4.69) is 124 Å². The lowest BCUT2D eigenvalue weighted by atomic mass is 9.69. The van der Waals surface area contributed by atoms with Crippen LogP contribution in [0.5, 0.6) is 5.75 Å². The molecule has 4 atom stereocenters. The second kappa shape index (κ2) is 17.3. The summed E-state index contributed by atoms with van der Waals surface area (Å²) in [7, 11) is -2.91. The van der Waals surface area contributed by atoms with Crippen LogP contribution in [0.15, 0.2) is 126 Å². The largest absolute Gasteiger partial charge is 0.508 e. The standard InChI is InChI=1S/C50H57ClN2O5Si/c1-34(28-36-21-22-39(54)30-44(36)51)20-23-45-46-37(32-58-59(50(2,3)4,40-16-10-6-11-17-40)41-18-12-7-13-19-41)29-42-47(43(46)33-57-45)49(56)53(48(42)55)38-24-26-52(27-25-38)31-35-14-8-5-9-15-35/h5-19,21-22,28,30,38,42-43,45,47,54H,20,23-27,29,31-33H2,1-4H3/b34-28+/t42-,43+,45-,47-/m1/s1. The molecule has 4 aromatic rings. The maximum absolute atomic E-state index is 14.7. The maximum atomic E-state index is 14.7. The lowest BCUT2D eigenvalue weighted by molar-refractivity contribution is -0.144. The summed E-state index contributed by atoms with van der Waals surface area (Å²) in [5.41, 5.74) is 5.56. The number of imide groups is 1. The number of carbonyl (C=O) groups excluding carboxylic acids is 2. The number of aromatic hydroxyl groups is 1. The van der Waals surface area contributed by atoms with Gasteiger partial charge in [-0.2, -0.15) is 0 Å². The van der Waals surface area contributed by atoms with Crippen molar-refractivity contribution in [1.29, 1.82) is 0 Å². The zero-order valence-electron chi connectivity index (χ0n) is 34.8. The van der Waals surface area contributed by atoms with Gasteiger partial charge in [0, 0.05) is 31.6 Å². The van der Waals surface area contributed by atoms with E-state index in [1.807, 2.05) is 12.1 Å². The highest BCUT2D eigenvalue weighted by Gasteiger charge is 2.59. The molecule has 3 aliphatic heterocycles. The van der Waals surface area contributed by atoms with Gasteiger partial charge >= 0.3 is 0 Å². The summed E-state index contributed by atoms with van der Waals surface area (Å²) in [5, 5.41) is 12.6. The summed E-state index contributed by atoms with van der Waals surface area (Å²) < 4.78 is 14.3. The van der Waals surface area contributed by atoms with Gasteiger partial charge in [0.1, 0.15) is 5.75 Å². The first-order valence-corrected chi connectivity index (χ1v) is 23.6. The van der Waals surface area contributed by atoms with Crippen LogP contribution in [-0.4, -0.2) is 73.5 Å². The molecule has 59 heavy (non-hydrogen) atoms. The van der Waals surface area contributed by atoms with Crippen molar-refractivity contribution in [2.24, 2.45) is 17.8 Å². The summed E-state index contributed by atoms with van der Waals surface area (Å²) in [6.45, 7) is 12.3. The van der Waals surface area contributed by atoms with Gasteiger partial charge in [0.05, 0.1) is 36.2 Å². The van der Waals surface area contributed by atoms with E-state index >= 15 is 0 Å². The number of hydrogen-bond acceptors (Lipinski definition) is 6. The van der Waals surface area contributed by atoms with Gasteiger partial charge in [-0.1, -0.05) is 135 Å². The Balaban J connectivity index is 1.10. The van der Waals surface area contributed by atoms with Crippen LogP contribution >= 0.6 is 11.6 Å². The van der Waals surface area contributed by atoms with E-state index in [0.717, 1.165) is 62.0 Å². The van der Waals surface area contributed by atoms with Crippen molar-refractivity contribution in [1.82, 2.24) is 9.80 Å². The normalized spacial score (nSPS) is 23.2. The van der Waals surface area contributed by atoms with Crippen molar-refractivity contribution in [3.05, 3.63) is 142 Å². The molecule has 8 rings (SSSR count). The Morgan fingerprint density at radius 1 is 0.881 bits per heavy atom. The smallest absolute Gasteiger partial charge is 0.261 e. The predicted octanol–water partition coefficient (Wildman–Crippen LogP) is 8.79. The zero-order chi connectivity index (χ0) is 41.3. The second-order valence-corrected chi connectivity index (χ2v) is 22.8. The molecule has 1 aliphatic carbocycles. The molecular weight excluding hydrogens is 772 g/mol. The first kappa shape index (κ1) is 41.4. The van der Waals surface area contributed by atoms with Crippen molar-refractivity contribution in [2.45, 2.75) is 83.5 Å². The minimum Gasteiger partial charge on any atom is -0.508 e. The Labute approximate surface area is 355 Å². The number of phenolic OH excluding ortho intramolecular Hbond substituents is 1. The van der Waals surface area contributed by atoms with Gasteiger partial charge in [-0.25, -0.2) is 0 Å². The van der Waals surface area contributed by atoms with E-state index in [1.54, 1.807) is 17.0 Å². The van der Waals surface area contributed by atoms with Crippen LogP contribution in [0.2, 0.25) is 10.1 Å². The summed E-state index contributed by atoms with van der Waals surface area (Å²) in [6, 6.07) is 36.8. The Kier molecular flexibility index (Phi) is 12.2. The fraction of sp³-hybridized carbons (Fsp3) is 0.400. The fourth-order valence-corrected chi connectivity index (χ4v) is 15.2. The molecule has 308 valence electrons. The Hall–Kier alpha value is -4.31. The highest BCUT2D eigenvalue weighted by Crippen LogP contribution is 2.51. The van der Waals surface area contributed by atoms with E-state index < -0.39 is 20.2 Å². The van der Waals surface area contributed by atoms with Crippen LogP contribution in [0, 0.1) is 17.8 Å². The van der Waals surface area contributed by atoms with E-state index in [1.165, 1.54) is 21.5 Å². The first-order chi connectivity index (χ1) is 28.4. The number of ether oxygens (including phenoxy) is 1. The van der Waals surface area contributed by atoms with Crippen molar-refractivity contribution >= 4 is 48.2 Å². The lowest BCUT2D eigenvalue weighted by Gasteiger charge is -2.44. The van der Waals surface area contributed by atoms with Crippen LogP contribution in [0.25, 0.3) is 6.08 Å². The van der Waals surface area contributed by atoms with E-state index in [4.69, 9.17) is 20.8 Å². The summed E-state index contributed by atoms with van der Waals surface area (Å²) >= 11 is 6.47. The maximum Gasteiger partial charge on any atom is 0.261 e. The molecule has 0 saturated carbocycles. The topological polar surface area (TPSA) is 79.3 Å². The van der Waals surface area contributed by atoms with E-state index in [0.29, 0.717) is 24.7 Å². The van der Waals surface area contributed by atoms with Gasteiger partial charge in [0.25, 0.3) is 8.32 Å². The van der Waals surface area contributed by atoms with Crippen molar-refractivity contribution in [3.63, 3.8) is 0 Å². The molecule has 9 heteroatoms. The molecule has 3 heterocycles. The molecule has 4 aliphatic rings. The third-order valence-corrected chi connectivity index (χ3v) is 18.6. The minimum absolute atomic E-state index is 0.0155. The predicted molar refractivity (Wildman–Crippen MR) is 238 cm³/mol. The number of piperidine rings is 1. The average Bonchev–Trinajstić information content (AvgIpc) is 3.77. The van der Waals surface area contributed by atoms with Crippen LogP contribution in [-0.2, 0) is 25.3 Å². The van der Waals surface area contributed by atoms with E-state index in [9.17, 15) is 14.7 Å². The summed E-state index contributed by atoms with van der Waals surface area (Å²) in [4.78, 5) is 33.4. The number of allylic oxidation sites excluding steroid dienone is 1. The number of halogens is 1. The average molecular weight is 830 g/mol. The van der Waals surface area contributed by atoms with Gasteiger partial charge < -0.3 is 14.3 Å². The highest BCUT2D eigenvalue weighted by atomic mass is 35.5. The third-order valence-electron chi connectivity index (χ3n) is 13.3. The molecule has 4 aromatic carbocycles. The second-order valence-electron chi connectivity index (χ2n) is 18.1. The number of hydrogen-bond donors (Lipinski definition) is 1. The molecule has 0 spiro atoms. The molecule has 1 N–H and O–H groups in total. The Morgan fingerprint density at radius 3 is 2.12 bits per heavy atom. The summed E-state index contributed by atoms with van der Waals surface area (Å²) in [6.07, 6.45) is 5.43. The van der Waals surface area contributed by atoms with Crippen LogP contribution in [0.3, 0.4) is 0 Å². The third kappa shape index (κ3) is 8.27. The van der Waals surface area contributed by atoms with Gasteiger partial charge in [0.2, 0.25) is 11.8 Å². The van der Waals surface area contributed by atoms with Gasteiger partial charge in [-0.15, -0.1) is 0 Å².